The van der Waals surface area contributed by atoms with Crippen molar-refractivity contribution < 1.29 is 4.79 Å². The van der Waals surface area contributed by atoms with Gasteiger partial charge in [-0.05, 0) is 61.9 Å². The van der Waals surface area contributed by atoms with E-state index in [1.165, 1.54) is 4.40 Å². The zero-order valence-corrected chi connectivity index (χ0v) is 15.3. The molecule has 2 aromatic heterocycles. The number of benzene rings is 1. The van der Waals surface area contributed by atoms with Gasteiger partial charge in [-0.25, -0.2) is 4.98 Å². The second-order valence-corrected chi connectivity index (χ2v) is 7.56. The summed E-state index contributed by atoms with van der Waals surface area (Å²) in [5.74, 6) is 0.544. The first kappa shape index (κ1) is 17.0. The highest BCUT2D eigenvalue weighted by Crippen LogP contribution is 2.24. The van der Waals surface area contributed by atoms with Crippen LogP contribution in [0.1, 0.15) is 43.0 Å². The number of aromatic nitrogens is 2. The summed E-state index contributed by atoms with van der Waals surface area (Å²) < 4.78 is 1.41. The molecule has 1 amide bonds. The van der Waals surface area contributed by atoms with Gasteiger partial charge in [0, 0.05) is 17.3 Å². The second-order valence-electron chi connectivity index (χ2n) is 7.12. The van der Waals surface area contributed by atoms with Gasteiger partial charge >= 0.3 is 0 Å². The Bertz CT molecular complexity index is 1050. The first-order valence-corrected chi connectivity index (χ1v) is 9.32. The van der Waals surface area contributed by atoms with Crippen molar-refractivity contribution in [3.05, 3.63) is 57.5 Å². The predicted molar refractivity (Wildman–Crippen MR) is 103 cm³/mol. The van der Waals surface area contributed by atoms with Gasteiger partial charge in [0.15, 0.2) is 5.65 Å². The quantitative estimate of drug-likeness (QED) is 0.698. The topological polar surface area (TPSA) is 63.5 Å². The van der Waals surface area contributed by atoms with Gasteiger partial charge in [-0.15, -0.1) is 0 Å². The summed E-state index contributed by atoms with van der Waals surface area (Å²) in [6.45, 7) is 2.25. The van der Waals surface area contributed by atoms with Crippen molar-refractivity contribution in [1.29, 1.82) is 0 Å². The third-order valence-electron chi connectivity index (χ3n) is 5.20. The minimum atomic E-state index is -0.228. The Morgan fingerprint density at radius 2 is 2.00 bits per heavy atom. The molecule has 4 rings (SSSR count). The van der Waals surface area contributed by atoms with Gasteiger partial charge in [-0.2, -0.15) is 0 Å². The number of halogens is 1. The van der Waals surface area contributed by atoms with Crippen LogP contribution in [0, 0.1) is 5.92 Å². The molecule has 1 aliphatic rings. The largest absolute Gasteiger partial charge is 0.349 e. The lowest BCUT2D eigenvalue weighted by Crippen LogP contribution is -2.37. The predicted octanol–water partition coefficient (Wildman–Crippen LogP) is 3.81. The van der Waals surface area contributed by atoms with Crippen LogP contribution in [0.5, 0.6) is 0 Å². The van der Waals surface area contributed by atoms with Crippen molar-refractivity contribution in [2.45, 2.75) is 38.6 Å². The Balaban J connectivity index is 1.75. The maximum absolute atomic E-state index is 12.8. The number of hydrogen-bond acceptors (Lipinski definition) is 3. The van der Waals surface area contributed by atoms with Gasteiger partial charge in [0.25, 0.3) is 11.5 Å². The molecule has 0 radical (unpaired) electrons. The van der Waals surface area contributed by atoms with Crippen molar-refractivity contribution in [1.82, 2.24) is 14.7 Å². The SMILES string of the molecule is CC1CCC(NC(=O)c2cccn3c(=O)c4cc(Cl)ccc4nc23)CC1. The smallest absolute Gasteiger partial charge is 0.265 e. The van der Waals surface area contributed by atoms with E-state index in [4.69, 9.17) is 11.6 Å². The third-order valence-corrected chi connectivity index (χ3v) is 5.43. The summed E-state index contributed by atoms with van der Waals surface area (Å²) in [5, 5.41) is 4.03. The first-order valence-electron chi connectivity index (χ1n) is 8.94. The zero-order chi connectivity index (χ0) is 18.3. The number of carbonyl (C=O) groups is 1. The number of fused-ring (bicyclic) bond motifs is 2. The van der Waals surface area contributed by atoms with E-state index in [2.05, 4.69) is 17.2 Å². The number of nitrogens with one attached hydrogen (secondary N) is 1. The minimum absolute atomic E-state index is 0.178. The second kappa shape index (κ2) is 6.72. The molecule has 134 valence electrons. The Morgan fingerprint density at radius 1 is 1.23 bits per heavy atom. The molecule has 1 N–H and O–H groups in total. The van der Waals surface area contributed by atoms with Crippen molar-refractivity contribution >= 4 is 34.1 Å². The monoisotopic (exact) mass is 369 g/mol. The lowest BCUT2D eigenvalue weighted by Gasteiger charge is -2.27. The van der Waals surface area contributed by atoms with Crippen LogP contribution in [-0.2, 0) is 0 Å². The summed E-state index contributed by atoms with van der Waals surface area (Å²) in [5.41, 5.74) is 1.09. The van der Waals surface area contributed by atoms with Crippen molar-refractivity contribution in [2.24, 2.45) is 5.92 Å². The highest BCUT2D eigenvalue weighted by molar-refractivity contribution is 6.31. The van der Waals surface area contributed by atoms with Crippen LogP contribution < -0.4 is 10.9 Å². The maximum atomic E-state index is 12.8. The lowest BCUT2D eigenvalue weighted by molar-refractivity contribution is 0.0924. The zero-order valence-electron chi connectivity index (χ0n) is 14.5. The molecule has 0 spiro atoms. The van der Waals surface area contributed by atoms with E-state index in [1.54, 1.807) is 36.5 Å². The number of rotatable bonds is 2. The van der Waals surface area contributed by atoms with Crippen LogP contribution in [0.15, 0.2) is 41.3 Å². The average molecular weight is 370 g/mol. The van der Waals surface area contributed by atoms with Crippen LogP contribution in [0.2, 0.25) is 5.02 Å². The van der Waals surface area contributed by atoms with Crippen LogP contribution in [0.25, 0.3) is 16.6 Å². The molecule has 1 aromatic carbocycles. The van der Waals surface area contributed by atoms with Gasteiger partial charge in [0.05, 0.1) is 16.5 Å². The molecule has 5 nitrogen and oxygen atoms in total. The molecular weight excluding hydrogens is 350 g/mol. The van der Waals surface area contributed by atoms with E-state index >= 15 is 0 Å². The van der Waals surface area contributed by atoms with Gasteiger partial charge < -0.3 is 5.32 Å². The van der Waals surface area contributed by atoms with Crippen molar-refractivity contribution in [2.75, 3.05) is 0 Å². The fourth-order valence-electron chi connectivity index (χ4n) is 3.64. The lowest BCUT2D eigenvalue weighted by atomic mass is 9.87. The highest BCUT2D eigenvalue weighted by atomic mass is 35.5. The summed E-state index contributed by atoms with van der Waals surface area (Å²) in [7, 11) is 0. The van der Waals surface area contributed by atoms with Crippen molar-refractivity contribution in [3.8, 4) is 0 Å². The Labute approximate surface area is 156 Å². The van der Waals surface area contributed by atoms with E-state index < -0.39 is 0 Å². The number of carbonyl (C=O) groups excluding carboxylic acids is 1. The van der Waals surface area contributed by atoms with Crippen LogP contribution in [0.3, 0.4) is 0 Å². The van der Waals surface area contributed by atoms with Gasteiger partial charge in [-0.3, -0.25) is 14.0 Å². The van der Waals surface area contributed by atoms with Crippen LogP contribution >= 0.6 is 11.6 Å². The van der Waals surface area contributed by atoms with Gasteiger partial charge in [0.2, 0.25) is 0 Å². The molecular formula is C20H20ClN3O2. The molecule has 1 fully saturated rings. The summed E-state index contributed by atoms with van der Waals surface area (Å²) in [6, 6.07) is 8.60. The molecule has 0 atom stereocenters. The van der Waals surface area contributed by atoms with E-state index in [0.717, 1.165) is 31.6 Å². The number of pyridine rings is 1. The number of amides is 1. The van der Waals surface area contributed by atoms with Crippen LogP contribution in [0.4, 0.5) is 0 Å². The summed E-state index contributed by atoms with van der Waals surface area (Å²) in [6.07, 6.45) is 5.87. The molecule has 0 unspecified atom stereocenters. The Kier molecular flexibility index (Phi) is 4.41. The Morgan fingerprint density at radius 3 is 2.77 bits per heavy atom. The molecule has 0 saturated heterocycles. The molecule has 1 saturated carbocycles. The first-order chi connectivity index (χ1) is 12.5. The average Bonchev–Trinajstić information content (AvgIpc) is 2.64. The number of hydrogen-bond donors (Lipinski definition) is 1. The van der Waals surface area contributed by atoms with E-state index in [0.29, 0.717) is 27.1 Å². The summed E-state index contributed by atoms with van der Waals surface area (Å²) in [4.78, 5) is 30.1. The summed E-state index contributed by atoms with van der Waals surface area (Å²) >= 11 is 6.00. The standard InChI is InChI=1S/C20H20ClN3O2/c1-12-4-7-14(8-5-12)22-19(25)15-3-2-10-24-18(15)23-17-9-6-13(21)11-16(17)20(24)26/h2-3,6,9-12,14H,4-5,7-8H2,1H3,(H,22,25). The van der Waals surface area contributed by atoms with E-state index in [-0.39, 0.29) is 17.5 Å². The van der Waals surface area contributed by atoms with E-state index in [9.17, 15) is 9.59 Å². The minimum Gasteiger partial charge on any atom is -0.349 e. The molecule has 2 heterocycles. The van der Waals surface area contributed by atoms with E-state index in [1.807, 2.05) is 0 Å². The molecule has 0 aliphatic heterocycles. The normalized spacial score (nSPS) is 20.4. The Hall–Kier alpha value is -2.40. The van der Waals surface area contributed by atoms with Crippen LogP contribution in [-0.4, -0.2) is 21.3 Å². The molecule has 6 heteroatoms. The molecule has 0 bridgehead atoms. The molecule has 1 aliphatic carbocycles. The van der Waals surface area contributed by atoms with Gasteiger partial charge in [-0.1, -0.05) is 18.5 Å². The third kappa shape index (κ3) is 3.07. The highest BCUT2D eigenvalue weighted by Gasteiger charge is 2.22. The molecule has 26 heavy (non-hydrogen) atoms. The number of nitrogens with zero attached hydrogens (tertiary/aromatic N) is 2. The van der Waals surface area contributed by atoms with Crippen molar-refractivity contribution in [3.63, 3.8) is 0 Å². The van der Waals surface area contributed by atoms with Gasteiger partial charge in [0.1, 0.15) is 0 Å². The maximum Gasteiger partial charge on any atom is 0.265 e. The fourth-order valence-corrected chi connectivity index (χ4v) is 3.82. The molecule has 3 aromatic rings. The fraction of sp³-hybridized carbons (Fsp3) is 0.350.